The highest BCUT2D eigenvalue weighted by molar-refractivity contribution is 7.84. The minimum Gasteiger partial charge on any atom is -0.417 e. The first kappa shape index (κ1) is 17.7. The second kappa shape index (κ2) is 7.04. The van der Waals surface area contributed by atoms with Crippen LogP contribution in [-0.4, -0.2) is 29.4 Å². The molecule has 0 aliphatic carbocycles. The zero-order valence-corrected chi connectivity index (χ0v) is 13.4. The molecule has 25 heavy (non-hydrogen) atoms. The molecule has 2 aliphatic heterocycles. The fourth-order valence-electron chi connectivity index (χ4n) is 2.26. The molecule has 0 bridgehead atoms. The maximum absolute atomic E-state index is 13.7. The largest absolute Gasteiger partial charge is 0.417 e. The second-order valence-electron chi connectivity index (χ2n) is 5.17. The molecule has 1 fully saturated rings. The number of nitrogens with two attached hydrogens (primary N) is 1. The molecular weight excluding hydrogens is 369 g/mol. The van der Waals surface area contributed by atoms with E-state index in [0.29, 0.717) is 13.1 Å². The lowest BCUT2D eigenvalue weighted by atomic mass is 10.2. The Kier molecular flexibility index (Phi) is 4.99. The summed E-state index contributed by atoms with van der Waals surface area (Å²) in [6, 6.07) is -0.621. The molecule has 0 radical (unpaired) electrons. The number of hydrogen-bond acceptors (Lipinski definition) is 6. The summed E-state index contributed by atoms with van der Waals surface area (Å²) in [6.07, 6.45) is 2.88. The zero-order valence-electron chi connectivity index (χ0n) is 12.6. The fraction of sp³-hybridized carbons (Fsp3) is 0.385. The van der Waals surface area contributed by atoms with Crippen LogP contribution in [0.5, 0.6) is 5.75 Å². The molecule has 1 aromatic carbocycles. The Labute approximate surface area is 141 Å². The molecule has 12 heteroatoms. The lowest BCUT2D eigenvalue weighted by Gasteiger charge is -2.26. The third-order valence-corrected chi connectivity index (χ3v) is 4.95. The molecule has 136 valence electrons. The van der Waals surface area contributed by atoms with E-state index in [2.05, 4.69) is 13.8 Å². The van der Waals surface area contributed by atoms with Gasteiger partial charge in [0.05, 0.1) is 0 Å². The van der Waals surface area contributed by atoms with Crippen LogP contribution in [0.15, 0.2) is 13.8 Å². The van der Waals surface area contributed by atoms with Crippen molar-refractivity contribution >= 4 is 23.0 Å². The van der Waals surface area contributed by atoms with E-state index < -0.39 is 51.9 Å². The average molecular weight is 381 g/mol. The molecule has 0 aromatic heterocycles. The van der Waals surface area contributed by atoms with Crippen molar-refractivity contribution in [2.24, 2.45) is 19.5 Å². The molecule has 0 amide bonds. The number of piperidine rings is 1. The normalized spacial score (nSPS) is 21.4. The predicted molar refractivity (Wildman–Crippen MR) is 81.1 cm³/mol. The van der Waals surface area contributed by atoms with Gasteiger partial charge in [-0.15, -0.1) is 4.40 Å². The van der Waals surface area contributed by atoms with Crippen molar-refractivity contribution in [2.45, 2.75) is 19.3 Å². The smallest absolute Gasteiger partial charge is 0.334 e. The lowest BCUT2D eigenvalue weighted by Crippen LogP contribution is -2.34. The van der Waals surface area contributed by atoms with Crippen molar-refractivity contribution < 1.29 is 26.7 Å². The summed E-state index contributed by atoms with van der Waals surface area (Å²) >= 11 is -1.13. The van der Waals surface area contributed by atoms with Gasteiger partial charge in [-0.3, -0.25) is 0 Å². The van der Waals surface area contributed by atoms with Crippen LogP contribution in [0.4, 0.5) is 22.0 Å². The number of rotatable bonds is 2. The summed E-state index contributed by atoms with van der Waals surface area (Å²) in [5.74, 6) is -12.5. The highest BCUT2D eigenvalue weighted by atomic mass is 32.2. The third kappa shape index (κ3) is 3.49. The first-order valence-corrected chi connectivity index (χ1v) is 8.31. The molecule has 0 spiro atoms. The van der Waals surface area contributed by atoms with Crippen LogP contribution in [0, 0.1) is 29.1 Å². The minimum atomic E-state index is -2.28. The maximum atomic E-state index is 13.7. The van der Waals surface area contributed by atoms with E-state index in [1.54, 1.807) is 0 Å². The number of halogens is 5. The lowest BCUT2D eigenvalue weighted by molar-refractivity contribution is 0.344. The second-order valence-corrected chi connectivity index (χ2v) is 6.54. The molecule has 2 heterocycles. The van der Waals surface area contributed by atoms with Crippen LogP contribution in [-0.2, 0) is 11.1 Å². The summed E-state index contributed by atoms with van der Waals surface area (Å²) < 4.78 is 81.5. The van der Waals surface area contributed by atoms with E-state index in [1.165, 1.54) is 0 Å². The number of nitrogens with zero attached hydrogens (tertiary/aromatic N) is 4. The first-order valence-electron chi connectivity index (χ1n) is 7.22. The van der Waals surface area contributed by atoms with Crippen molar-refractivity contribution in [3.05, 3.63) is 29.1 Å². The summed E-state index contributed by atoms with van der Waals surface area (Å²) in [5, 5.41) is 0. The Balaban J connectivity index is 1.93. The van der Waals surface area contributed by atoms with Gasteiger partial charge in [-0.05, 0) is 12.8 Å². The number of ether oxygens (including phenoxy) is 1. The molecule has 1 aromatic rings. The molecule has 3 rings (SSSR count). The van der Waals surface area contributed by atoms with Gasteiger partial charge in [0, 0.05) is 13.1 Å². The van der Waals surface area contributed by atoms with Crippen molar-refractivity contribution in [3.63, 3.8) is 0 Å². The van der Waals surface area contributed by atoms with E-state index in [-0.39, 0.29) is 5.96 Å². The topological polar surface area (TPSA) is 75.6 Å². The van der Waals surface area contributed by atoms with Gasteiger partial charge in [0.1, 0.15) is 11.1 Å². The molecule has 0 saturated carbocycles. The van der Waals surface area contributed by atoms with Crippen LogP contribution in [0.3, 0.4) is 0 Å². The van der Waals surface area contributed by atoms with Crippen LogP contribution in [0.2, 0.25) is 0 Å². The molecule has 6 nitrogen and oxygen atoms in total. The Hall–Kier alpha value is -2.08. The zero-order chi connectivity index (χ0) is 18.1. The molecular formula is C13H12F5N5OS. The molecule has 2 N–H and O–H groups in total. The first-order chi connectivity index (χ1) is 11.9. The molecule has 1 unspecified atom stereocenters. The van der Waals surface area contributed by atoms with Crippen LogP contribution in [0.25, 0.3) is 0 Å². The summed E-state index contributed by atoms with van der Waals surface area (Å²) in [5.41, 5.74) is 5.54. The Morgan fingerprint density at radius 3 is 2.04 bits per heavy atom. The quantitative estimate of drug-likeness (QED) is 0.486. The summed E-state index contributed by atoms with van der Waals surface area (Å²) in [7, 11) is 0. The van der Waals surface area contributed by atoms with Crippen molar-refractivity contribution in [1.29, 1.82) is 0 Å². The van der Waals surface area contributed by atoms with Crippen molar-refractivity contribution in [2.75, 3.05) is 13.1 Å². The number of benzene rings is 1. The fourth-order valence-corrected chi connectivity index (χ4v) is 3.55. The maximum Gasteiger partial charge on any atom is 0.334 e. The Morgan fingerprint density at radius 1 is 0.880 bits per heavy atom. The molecule has 2 aliphatic rings. The van der Waals surface area contributed by atoms with E-state index in [1.807, 2.05) is 4.31 Å². The highest BCUT2D eigenvalue weighted by Crippen LogP contribution is 2.29. The van der Waals surface area contributed by atoms with E-state index in [9.17, 15) is 22.0 Å². The van der Waals surface area contributed by atoms with E-state index in [4.69, 9.17) is 10.5 Å². The van der Waals surface area contributed by atoms with Gasteiger partial charge in [-0.25, -0.2) is 17.5 Å². The van der Waals surface area contributed by atoms with Gasteiger partial charge in [0.15, 0.2) is 0 Å². The minimum absolute atomic E-state index is 0.261. The van der Waals surface area contributed by atoms with E-state index in [0.717, 1.165) is 19.3 Å². The van der Waals surface area contributed by atoms with Crippen LogP contribution in [0.1, 0.15) is 19.3 Å². The SMILES string of the molecule is NC1=NC(Oc2c(F)c(F)c(F)c(F)c2F)=NS(N2CCCCC2)=N1. The summed E-state index contributed by atoms with van der Waals surface area (Å²) in [6.45, 7) is 1.36. The van der Waals surface area contributed by atoms with Gasteiger partial charge in [-0.2, -0.15) is 18.1 Å². The number of hydrogen-bond donors (Lipinski definition) is 1. The average Bonchev–Trinajstić information content (AvgIpc) is 2.62. The number of guanidine groups is 1. The summed E-state index contributed by atoms with van der Waals surface area (Å²) in [4.78, 5) is 3.55. The number of aliphatic imine (C=N–C) groups is 1. The Morgan fingerprint density at radius 2 is 1.44 bits per heavy atom. The molecule has 1 atom stereocenters. The van der Waals surface area contributed by atoms with Crippen LogP contribution >= 0.6 is 0 Å². The van der Waals surface area contributed by atoms with Gasteiger partial charge in [-0.1, -0.05) is 6.42 Å². The molecule has 1 saturated heterocycles. The van der Waals surface area contributed by atoms with Crippen molar-refractivity contribution in [1.82, 2.24) is 4.31 Å². The number of amidine groups is 1. The monoisotopic (exact) mass is 381 g/mol. The Bertz CT molecular complexity index is 777. The van der Waals surface area contributed by atoms with Crippen molar-refractivity contribution in [3.8, 4) is 5.75 Å². The highest BCUT2D eigenvalue weighted by Gasteiger charge is 2.29. The van der Waals surface area contributed by atoms with E-state index >= 15 is 0 Å². The predicted octanol–water partition coefficient (Wildman–Crippen LogP) is 2.56. The van der Waals surface area contributed by atoms with Gasteiger partial charge in [0.25, 0.3) is 0 Å². The van der Waals surface area contributed by atoms with Gasteiger partial charge >= 0.3 is 6.02 Å². The third-order valence-electron chi connectivity index (χ3n) is 3.45. The standard InChI is InChI=1S/C13H12F5N5OS/c14-6-7(15)9(17)11(10(18)8(6)16)24-13-20-12(19)21-25(22-13)23-4-2-1-3-5-23/h1-5H2,(H2,19,20,21,22). The van der Waals surface area contributed by atoms with Gasteiger partial charge in [0.2, 0.25) is 40.8 Å². The van der Waals surface area contributed by atoms with Gasteiger partial charge < -0.3 is 10.5 Å². The van der Waals surface area contributed by atoms with Crippen LogP contribution < -0.4 is 10.5 Å².